The molecule has 0 unspecified atom stereocenters. The Hall–Kier alpha value is -0.980. The van der Waals surface area contributed by atoms with Gasteiger partial charge in [0.15, 0.2) is 5.96 Å². The van der Waals surface area contributed by atoms with Gasteiger partial charge in [-0.05, 0) is 17.7 Å². The Morgan fingerprint density at radius 2 is 1.88 bits per heavy atom. The smallest absolute Gasteiger partial charge is 0.215 e. The fourth-order valence-electron chi connectivity index (χ4n) is 2.26. The monoisotopic (exact) mass is 486 g/mol. The van der Waals surface area contributed by atoms with Gasteiger partial charge in [0, 0.05) is 33.2 Å². The predicted octanol–water partition coefficient (Wildman–Crippen LogP) is 0.771. The molecule has 0 spiro atoms. The van der Waals surface area contributed by atoms with E-state index in [4.69, 9.17) is 4.74 Å². The number of halogens is 2. The SMILES string of the molecule is CN=C(NCCS(=O)(=O)N1CCOCC1)NCc1ccc(F)cc1.I. The minimum atomic E-state index is -3.29. The quantitative estimate of drug-likeness (QED) is 0.353. The van der Waals surface area contributed by atoms with Gasteiger partial charge in [-0.15, -0.1) is 24.0 Å². The third kappa shape index (κ3) is 7.42. The summed E-state index contributed by atoms with van der Waals surface area (Å²) in [6, 6.07) is 6.14. The number of nitrogens with zero attached hydrogens (tertiary/aromatic N) is 2. The van der Waals surface area contributed by atoms with Crippen molar-refractivity contribution in [1.29, 1.82) is 0 Å². The normalized spacial score (nSPS) is 16.2. The number of benzene rings is 1. The molecule has 1 fully saturated rings. The minimum absolute atomic E-state index is 0. The van der Waals surface area contributed by atoms with Crippen molar-refractivity contribution in [3.8, 4) is 0 Å². The van der Waals surface area contributed by atoms with E-state index >= 15 is 0 Å². The van der Waals surface area contributed by atoms with Crippen LogP contribution in [0.3, 0.4) is 0 Å². The molecule has 1 heterocycles. The van der Waals surface area contributed by atoms with E-state index in [2.05, 4.69) is 15.6 Å². The zero-order valence-electron chi connectivity index (χ0n) is 14.1. The molecule has 1 aliphatic rings. The Balaban J connectivity index is 0.00000312. The van der Waals surface area contributed by atoms with Crippen LogP contribution < -0.4 is 10.6 Å². The number of guanidine groups is 1. The van der Waals surface area contributed by atoms with Crippen LogP contribution in [0.5, 0.6) is 0 Å². The van der Waals surface area contributed by atoms with Gasteiger partial charge < -0.3 is 15.4 Å². The van der Waals surface area contributed by atoms with Gasteiger partial charge >= 0.3 is 0 Å². The van der Waals surface area contributed by atoms with Crippen molar-refractivity contribution in [2.45, 2.75) is 6.54 Å². The lowest BCUT2D eigenvalue weighted by Crippen LogP contribution is -2.45. The van der Waals surface area contributed by atoms with Crippen LogP contribution in [0, 0.1) is 5.82 Å². The first kappa shape index (κ1) is 22.1. The molecule has 2 N–H and O–H groups in total. The molecular formula is C15H24FIN4O3S. The highest BCUT2D eigenvalue weighted by molar-refractivity contribution is 14.0. The van der Waals surface area contributed by atoms with E-state index in [9.17, 15) is 12.8 Å². The van der Waals surface area contributed by atoms with Crippen molar-refractivity contribution >= 4 is 40.0 Å². The number of morpholine rings is 1. The third-order valence-corrected chi connectivity index (χ3v) is 5.48. The molecule has 1 aromatic rings. The Morgan fingerprint density at radius 3 is 2.48 bits per heavy atom. The number of aliphatic imine (C=N–C) groups is 1. The maximum absolute atomic E-state index is 12.9. The predicted molar refractivity (Wildman–Crippen MR) is 106 cm³/mol. The molecule has 10 heteroatoms. The maximum Gasteiger partial charge on any atom is 0.215 e. The molecule has 0 aliphatic carbocycles. The number of sulfonamides is 1. The summed E-state index contributed by atoms with van der Waals surface area (Å²) in [6.07, 6.45) is 0. The number of ether oxygens (including phenoxy) is 1. The van der Waals surface area contributed by atoms with E-state index in [0.717, 1.165) is 5.56 Å². The topological polar surface area (TPSA) is 83.0 Å². The van der Waals surface area contributed by atoms with Crippen LogP contribution >= 0.6 is 24.0 Å². The lowest BCUT2D eigenvalue weighted by atomic mass is 10.2. The van der Waals surface area contributed by atoms with Crippen molar-refractivity contribution in [3.63, 3.8) is 0 Å². The lowest BCUT2D eigenvalue weighted by Gasteiger charge is -2.26. The molecule has 0 saturated carbocycles. The molecule has 1 saturated heterocycles. The highest BCUT2D eigenvalue weighted by Gasteiger charge is 2.23. The summed E-state index contributed by atoms with van der Waals surface area (Å²) < 4.78 is 43.9. The summed E-state index contributed by atoms with van der Waals surface area (Å²) >= 11 is 0. The lowest BCUT2D eigenvalue weighted by molar-refractivity contribution is 0.0730. The molecular weight excluding hydrogens is 462 g/mol. The first-order chi connectivity index (χ1) is 11.5. The van der Waals surface area contributed by atoms with Crippen molar-refractivity contribution < 1.29 is 17.5 Å². The van der Waals surface area contributed by atoms with Gasteiger partial charge in [-0.2, -0.15) is 4.31 Å². The fourth-order valence-corrected chi connectivity index (χ4v) is 3.58. The fraction of sp³-hybridized carbons (Fsp3) is 0.533. The van der Waals surface area contributed by atoms with E-state index in [-0.39, 0.29) is 42.1 Å². The number of nitrogens with one attached hydrogen (secondary N) is 2. The minimum Gasteiger partial charge on any atom is -0.379 e. The third-order valence-electron chi connectivity index (χ3n) is 3.61. The molecule has 0 amide bonds. The summed E-state index contributed by atoms with van der Waals surface area (Å²) in [7, 11) is -1.69. The second-order valence-electron chi connectivity index (χ2n) is 5.31. The maximum atomic E-state index is 12.9. The van der Waals surface area contributed by atoms with Gasteiger partial charge in [0.1, 0.15) is 5.82 Å². The van der Waals surface area contributed by atoms with E-state index < -0.39 is 10.0 Å². The van der Waals surface area contributed by atoms with Crippen LogP contribution in [0.1, 0.15) is 5.56 Å². The second-order valence-corrected chi connectivity index (χ2v) is 7.39. The van der Waals surface area contributed by atoms with E-state index in [1.807, 2.05) is 0 Å². The van der Waals surface area contributed by atoms with Crippen molar-refractivity contribution in [2.75, 3.05) is 45.6 Å². The summed E-state index contributed by atoms with van der Waals surface area (Å²) in [5, 5.41) is 6.03. The molecule has 1 aliphatic heterocycles. The average Bonchev–Trinajstić information content (AvgIpc) is 2.60. The molecule has 142 valence electrons. The molecule has 2 rings (SSSR count). The van der Waals surface area contributed by atoms with Crippen molar-refractivity contribution in [1.82, 2.24) is 14.9 Å². The van der Waals surface area contributed by atoms with Gasteiger partial charge in [-0.3, -0.25) is 4.99 Å². The van der Waals surface area contributed by atoms with E-state index in [0.29, 0.717) is 38.8 Å². The zero-order valence-corrected chi connectivity index (χ0v) is 17.2. The first-order valence-corrected chi connectivity index (χ1v) is 9.37. The highest BCUT2D eigenvalue weighted by Crippen LogP contribution is 2.05. The molecule has 0 aromatic heterocycles. The summed E-state index contributed by atoms with van der Waals surface area (Å²) in [5.41, 5.74) is 0.903. The van der Waals surface area contributed by atoms with Gasteiger partial charge in [-0.1, -0.05) is 12.1 Å². The van der Waals surface area contributed by atoms with Crippen molar-refractivity contribution in [2.24, 2.45) is 4.99 Å². The van der Waals surface area contributed by atoms with Gasteiger partial charge in [-0.25, -0.2) is 12.8 Å². The van der Waals surface area contributed by atoms with Crippen LogP contribution in [-0.2, 0) is 21.3 Å². The van der Waals surface area contributed by atoms with Crippen LogP contribution in [0.15, 0.2) is 29.3 Å². The van der Waals surface area contributed by atoms with Crippen LogP contribution in [0.4, 0.5) is 4.39 Å². The number of rotatable bonds is 6. The van der Waals surface area contributed by atoms with Crippen molar-refractivity contribution in [3.05, 3.63) is 35.6 Å². The summed E-state index contributed by atoms with van der Waals surface area (Å²) in [5.74, 6) is 0.204. The average molecular weight is 486 g/mol. The molecule has 25 heavy (non-hydrogen) atoms. The number of hydrogen-bond donors (Lipinski definition) is 2. The standard InChI is InChI=1S/C15H23FN4O3S.HI/c1-17-15(19-12-13-2-4-14(16)5-3-13)18-6-11-24(21,22)20-7-9-23-10-8-20;/h2-5H,6-12H2,1H3,(H2,17,18,19);1H. The van der Waals surface area contributed by atoms with Gasteiger partial charge in [0.25, 0.3) is 0 Å². The first-order valence-electron chi connectivity index (χ1n) is 7.76. The Morgan fingerprint density at radius 1 is 1.24 bits per heavy atom. The molecule has 0 radical (unpaired) electrons. The second kappa shape index (κ2) is 10.9. The Kier molecular flexibility index (Phi) is 9.61. The zero-order chi connectivity index (χ0) is 17.4. The molecule has 0 bridgehead atoms. The molecule has 0 atom stereocenters. The number of hydrogen-bond acceptors (Lipinski definition) is 4. The summed E-state index contributed by atoms with van der Waals surface area (Å²) in [4.78, 5) is 4.04. The molecule has 7 nitrogen and oxygen atoms in total. The van der Waals surface area contributed by atoms with Gasteiger partial charge in [0.05, 0.1) is 19.0 Å². The van der Waals surface area contributed by atoms with E-state index in [1.54, 1.807) is 19.2 Å². The Bertz CT molecular complexity index is 649. The largest absolute Gasteiger partial charge is 0.379 e. The molecule has 1 aromatic carbocycles. The highest BCUT2D eigenvalue weighted by atomic mass is 127. The van der Waals surface area contributed by atoms with E-state index in [1.165, 1.54) is 16.4 Å². The van der Waals surface area contributed by atoms with Crippen LogP contribution in [0.2, 0.25) is 0 Å². The van der Waals surface area contributed by atoms with Gasteiger partial charge in [0.2, 0.25) is 10.0 Å². The Labute approximate surface area is 165 Å². The van der Waals surface area contributed by atoms with Crippen LogP contribution in [-0.4, -0.2) is 64.3 Å². The van der Waals surface area contributed by atoms with Crippen LogP contribution in [0.25, 0.3) is 0 Å². The summed E-state index contributed by atoms with van der Waals surface area (Å²) in [6.45, 7) is 2.40.